The van der Waals surface area contributed by atoms with Crippen LogP contribution < -0.4 is 5.32 Å². The molecule has 1 atom stereocenters. The molecule has 0 aromatic heterocycles. The number of carboxylic acids is 1. The van der Waals surface area contributed by atoms with Crippen LogP contribution >= 0.6 is 0 Å². The van der Waals surface area contributed by atoms with Crippen LogP contribution in [0.15, 0.2) is 18.2 Å². The van der Waals surface area contributed by atoms with Crippen LogP contribution in [0.2, 0.25) is 0 Å². The van der Waals surface area contributed by atoms with Crippen molar-refractivity contribution < 1.29 is 23.5 Å². The van der Waals surface area contributed by atoms with Crippen molar-refractivity contribution in [2.45, 2.75) is 38.6 Å². The van der Waals surface area contributed by atoms with E-state index in [0.717, 1.165) is 12.1 Å². The van der Waals surface area contributed by atoms with Crippen molar-refractivity contribution in [2.75, 3.05) is 0 Å². The van der Waals surface area contributed by atoms with Crippen molar-refractivity contribution in [1.82, 2.24) is 5.32 Å². The molecule has 0 saturated heterocycles. The normalized spacial score (nSPS) is 11.9. The van der Waals surface area contributed by atoms with Gasteiger partial charge in [-0.25, -0.2) is 8.78 Å². The number of unbranched alkanes of at least 4 members (excludes halogenated alkanes) is 1. The van der Waals surface area contributed by atoms with Gasteiger partial charge in [-0.2, -0.15) is 0 Å². The van der Waals surface area contributed by atoms with Crippen LogP contribution in [0, 0.1) is 11.6 Å². The van der Waals surface area contributed by atoms with Crippen LogP contribution in [0.5, 0.6) is 0 Å². The lowest BCUT2D eigenvalue weighted by atomic mass is 10.1. The summed E-state index contributed by atoms with van der Waals surface area (Å²) in [6.45, 7) is 1.50. The van der Waals surface area contributed by atoms with Gasteiger partial charge in [-0.15, -0.1) is 0 Å². The molecule has 0 bridgehead atoms. The first-order valence-electron chi connectivity index (χ1n) is 6.37. The molecule has 4 nitrogen and oxygen atoms in total. The smallest absolute Gasteiger partial charge is 0.303 e. The highest BCUT2D eigenvalue weighted by molar-refractivity contribution is 5.76. The van der Waals surface area contributed by atoms with Crippen molar-refractivity contribution in [3.63, 3.8) is 0 Å². The van der Waals surface area contributed by atoms with Gasteiger partial charge in [0.2, 0.25) is 5.91 Å². The number of carbonyl (C=O) groups excluding carboxylic acids is 1. The van der Waals surface area contributed by atoms with Crippen molar-refractivity contribution >= 4 is 11.9 Å². The Morgan fingerprint density at radius 2 is 1.75 bits per heavy atom. The highest BCUT2D eigenvalue weighted by atomic mass is 19.1. The molecule has 20 heavy (non-hydrogen) atoms. The number of nitrogens with one attached hydrogen (secondary N) is 1. The number of hydrogen-bond acceptors (Lipinski definition) is 2. The second-order valence-electron chi connectivity index (χ2n) is 4.53. The van der Waals surface area contributed by atoms with Gasteiger partial charge in [0.15, 0.2) is 0 Å². The topological polar surface area (TPSA) is 66.4 Å². The first-order chi connectivity index (χ1) is 9.41. The molecule has 1 rings (SSSR count). The molecule has 0 fully saturated rings. The van der Waals surface area contributed by atoms with Gasteiger partial charge in [0, 0.05) is 18.4 Å². The summed E-state index contributed by atoms with van der Waals surface area (Å²) < 4.78 is 27.0. The van der Waals surface area contributed by atoms with Crippen LogP contribution in [-0.4, -0.2) is 17.0 Å². The van der Waals surface area contributed by atoms with Crippen LogP contribution in [-0.2, 0) is 9.59 Å². The van der Waals surface area contributed by atoms with Gasteiger partial charge >= 0.3 is 5.97 Å². The average molecular weight is 285 g/mol. The molecule has 0 aliphatic heterocycles. The first-order valence-corrected chi connectivity index (χ1v) is 6.37. The van der Waals surface area contributed by atoms with Gasteiger partial charge in [0.1, 0.15) is 11.6 Å². The van der Waals surface area contributed by atoms with Crippen molar-refractivity contribution in [3.8, 4) is 0 Å². The Hall–Kier alpha value is -1.98. The number of carbonyl (C=O) groups is 2. The number of benzene rings is 1. The summed E-state index contributed by atoms with van der Waals surface area (Å²) in [5, 5.41) is 10.9. The maximum atomic E-state index is 13.5. The second-order valence-corrected chi connectivity index (χ2v) is 4.53. The van der Waals surface area contributed by atoms with E-state index in [1.165, 1.54) is 13.0 Å². The molecule has 0 saturated carbocycles. The maximum Gasteiger partial charge on any atom is 0.303 e. The fraction of sp³-hybridized carbons (Fsp3) is 0.429. The van der Waals surface area contributed by atoms with Crippen molar-refractivity contribution in [3.05, 3.63) is 35.4 Å². The number of hydrogen-bond donors (Lipinski definition) is 2. The molecule has 110 valence electrons. The Labute approximate surface area is 115 Å². The zero-order valence-electron chi connectivity index (χ0n) is 11.2. The third-order valence-electron chi connectivity index (χ3n) is 2.85. The molecule has 1 aromatic rings. The summed E-state index contributed by atoms with van der Waals surface area (Å²) >= 11 is 0. The quantitative estimate of drug-likeness (QED) is 0.757. The molecule has 0 aliphatic carbocycles. The molecule has 0 heterocycles. The van der Waals surface area contributed by atoms with E-state index in [-0.39, 0.29) is 24.3 Å². The minimum Gasteiger partial charge on any atom is -0.481 e. The summed E-state index contributed by atoms with van der Waals surface area (Å²) in [6, 6.07) is 2.75. The number of amides is 1. The molecule has 0 radical (unpaired) electrons. The largest absolute Gasteiger partial charge is 0.481 e. The Balaban J connectivity index is 2.47. The lowest BCUT2D eigenvalue weighted by Crippen LogP contribution is -2.27. The predicted octanol–water partition coefficient (Wildman–Crippen LogP) is 2.79. The minimum absolute atomic E-state index is 0.00474. The predicted molar refractivity (Wildman–Crippen MR) is 69.0 cm³/mol. The van der Waals surface area contributed by atoms with Crippen LogP contribution in [0.25, 0.3) is 0 Å². The van der Waals surface area contributed by atoms with E-state index < -0.39 is 23.6 Å². The van der Waals surface area contributed by atoms with E-state index in [4.69, 9.17) is 5.11 Å². The summed E-state index contributed by atoms with van der Waals surface area (Å²) in [5.41, 5.74) is -0.175. The lowest BCUT2D eigenvalue weighted by Gasteiger charge is -2.15. The summed E-state index contributed by atoms with van der Waals surface area (Å²) in [7, 11) is 0. The summed E-state index contributed by atoms with van der Waals surface area (Å²) in [5.74, 6) is -2.68. The molecule has 0 spiro atoms. The minimum atomic E-state index is -0.910. The van der Waals surface area contributed by atoms with Gasteiger partial charge in [-0.3, -0.25) is 9.59 Å². The van der Waals surface area contributed by atoms with E-state index in [2.05, 4.69) is 5.32 Å². The zero-order chi connectivity index (χ0) is 15.1. The fourth-order valence-corrected chi connectivity index (χ4v) is 1.87. The van der Waals surface area contributed by atoms with Gasteiger partial charge in [0.05, 0.1) is 6.04 Å². The Morgan fingerprint density at radius 3 is 2.30 bits per heavy atom. The molecule has 1 unspecified atom stereocenters. The third kappa shape index (κ3) is 4.95. The SMILES string of the molecule is CC(NC(=O)CCCCC(=O)O)c1c(F)cccc1F. The first kappa shape index (κ1) is 16.1. The number of carboxylic acid groups (broad SMARTS) is 1. The van der Waals surface area contributed by atoms with E-state index in [0.29, 0.717) is 12.8 Å². The van der Waals surface area contributed by atoms with Gasteiger partial charge in [-0.1, -0.05) is 6.07 Å². The van der Waals surface area contributed by atoms with Gasteiger partial charge in [-0.05, 0) is 31.9 Å². The number of rotatable bonds is 7. The third-order valence-corrected chi connectivity index (χ3v) is 2.85. The molecule has 1 amide bonds. The van der Waals surface area contributed by atoms with Gasteiger partial charge in [0.25, 0.3) is 0 Å². The molecular formula is C14H17F2NO3. The van der Waals surface area contributed by atoms with E-state index in [9.17, 15) is 18.4 Å². The van der Waals surface area contributed by atoms with E-state index in [1.807, 2.05) is 0 Å². The molecule has 6 heteroatoms. The highest BCUT2D eigenvalue weighted by Crippen LogP contribution is 2.20. The maximum absolute atomic E-state index is 13.5. The van der Waals surface area contributed by atoms with Crippen molar-refractivity contribution in [1.29, 1.82) is 0 Å². The van der Waals surface area contributed by atoms with Crippen LogP contribution in [0.1, 0.15) is 44.2 Å². The van der Waals surface area contributed by atoms with Crippen molar-refractivity contribution in [2.24, 2.45) is 0 Å². The molecule has 0 aliphatic rings. The van der Waals surface area contributed by atoms with Crippen LogP contribution in [0.3, 0.4) is 0 Å². The van der Waals surface area contributed by atoms with Gasteiger partial charge < -0.3 is 10.4 Å². The highest BCUT2D eigenvalue weighted by Gasteiger charge is 2.17. The number of halogens is 2. The lowest BCUT2D eigenvalue weighted by molar-refractivity contribution is -0.137. The zero-order valence-corrected chi connectivity index (χ0v) is 11.2. The Kier molecular flexibility index (Phi) is 6.09. The monoisotopic (exact) mass is 285 g/mol. The second kappa shape index (κ2) is 7.57. The Bertz CT molecular complexity index is 471. The Morgan fingerprint density at radius 1 is 1.20 bits per heavy atom. The number of aliphatic carboxylic acids is 1. The van der Waals surface area contributed by atoms with E-state index >= 15 is 0 Å². The summed E-state index contributed by atoms with van der Waals surface area (Å²) in [6.07, 6.45) is 0.953. The standard InChI is InChI=1S/C14H17F2NO3/c1-9(14-10(15)5-4-6-11(14)16)17-12(18)7-2-3-8-13(19)20/h4-6,9H,2-3,7-8H2,1H3,(H,17,18)(H,19,20). The molecule has 1 aromatic carbocycles. The summed E-state index contributed by atoms with van der Waals surface area (Å²) in [4.78, 5) is 21.9. The molecular weight excluding hydrogens is 268 g/mol. The average Bonchev–Trinajstić information content (AvgIpc) is 2.34. The van der Waals surface area contributed by atoms with Crippen LogP contribution in [0.4, 0.5) is 8.78 Å². The fourth-order valence-electron chi connectivity index (χ4n) is 1.87. The van der Waals surface area contributed by atoms with E-state index in [1.54, 1.807) is 0 Å². The molecule has 2 N–H and O–H groups in total.